The topological polar surface area (TPSA) is 55.1 Å². The van der Waals surface area contributed by atoms with Crippen LogP contribution in [0.25, 0.3) is 11.3 Å². The number of rotatable bonds is 4. The minimum atomic E-state index is 0.460. The van der Waals surface area contributed by atoms with Gasteiger partial charge in [0.05, 0.1) is 31.7 Å². The highest BCUT2D eigenvalue weighted by Crippen LogP contribution is 2.31. The molecule has 0 aliphatic carbocycles. The third-order valence-electron chi connectivity index (χ3n) is 3.16. The first-order valence-corrected chi connectivity index (χ1v) is 6.34. The number of pyridine rings is 1. The second-order valence-electron chi connectivity index (χ2n) is 4.27. The molecule has 0 unspecified atom stereocenters. The van der Waals surface area contributed by atoms with E-state index in [9.17, 15) is 0 Å². The molecule has 20 heavy (non-hydrogen) atoms. The average molecular weight is 268 g/mol. The van der Waals surface area contributed by atoms with E-state index in [0.717, 1.165) is 17.7 Å². The van der Waals surface area contributed by atoms with E-state index >= 15 is 0 Å². The Morgan fingerprint density at radius 1 is 1.15 bits per heavy atom. The number of aryl methyl sites for hydroxylation is 1. The van der Waals surface area contributed by atoms with E-state index < -0.39 is 0 Å². The maximum absolute atomic E-state index is 9.16. The van der Waals surface area contributed by atoms with Crippen molar-refractivity contribution in [1.29, 1.82) is 5.26 Å². The van der Waals surface area contributed by atoms with Gasteiger partial charge in [0.15, 0.2) is 5.75 Å². The molecule has 0 atom stereocenters. The smallest absolute Gasteiger partial charge is 0.154 e. The van der Waals surface area contributed by atoms with Crippen LogP contribution in [0.1, 0.15) is 18.1 Å². The van der Waals surface area contributed by atoms with E-state index in [-0.39, 0.29) is 0 Å². The highest BCUT2D eigenvalue weighted by molar-refractivity contribution is 5.70. The summed E-state index contributed by atoms with van der Waals surface area (Å²) in [7, 11) is 3.15. The lowest BCUT2D eigenvalue weighted by atomic mass is 10.0. The van der Waals surface area contributed by atoms with Gasteiger partial charge in [0.1, 0.15) is 11.8 Å². The van der Waals surface area contributed by atoms with Crippen LogP contribution in [0.2, 0.25) is 0 Å². The summed E-state index contributed by atoms with van der Waals surface area (Å²) < 4.78 is 10.5. The van der Waals surface area contributed by atoms with Crippen molar-refractivity contribution in [2.24, 2.45) is 0 Å². The molecular weight excluding hydrogens is 252 g/mol. The SMILES string of the molecule is CCc1ccc(OC)c(-c2cc(C#N)c(OC)cn2)c1. The summed E-state index contributed by atoms with van der Waals surface area (Å²) in [6, 6.07) is 9.82. The largest absolute Gasteiger partial charge is 0.496 e. The molecule has 4 nitrogen and oxygen atoms in total. The molecule has 2 aromatic rings. The Morgan fingerprint density at radius 2 is 1.90 bits per heavy atom. The lowest BCUT2D eigenvalue weighted by Gasteiger charge is -2.11. The molecule has 2 rings (SSSR count). The molecule has 4 heteroatoms. The van der Waals surface area contributed by atoms with Gasteiger partial charge < -0.3 is 9.47 Å². The van der Waals surface area contributed by atoms with Crippen LogP contribution in [0.15, 0.2) is 30.5 Å². The standard InChI is InChI=1S/C16H16N2O2/c1-4-11-5-6-15(19-2)13(7-11)14-8-12(9-17)16(20-3)10-18-14/h5-8,10H,4H2,1-3H3. The highest BCUT2D eigenvalue weighted by atomic mass is 16.5. The first-order chi connectivity index (χ1) is 9.73. The summed E-state index contributed by atoms with van der Waals surface area (Å²) in [6.07, 6.45) is 2.49. The Hall–Kier alpha value is -2.54. The van der Waals surface area contributed by atoms with Crippen molar-refractivity contribution in [2.45, 2.75) is 13.3 Å². The monoisotopic (exact) mass is 268 g/mol. The first kappa shape index (κ1) is 13.9. The van der Waals surface area contributed by atoms with Gasteiger partial charge in [-0.25, -0.2) is 0 Å². The molecule has 0 saturated carbocycles. The van der Waals surface area contributed by atoms with E-state index in [1.54, 1.807) is 19.4 Å². The molecule has 0 radical (unpaired) electrons. The van der Waals surface area contributed by atoms with Gasteiger partial charge in [-0.1, -0.05) is 13.0 Å². The fourth-order valence-corrected chi connectivity index (χ4v) is 2.02. The first-order valence-electron chi connectivity index (χ1n) is 6.34. The van der Waals surface area contributed by atoms with Gasteiger partial charge in [-0.3, -0.25) is 4.98 Å². The molecule has 0 spiro atoms. The molecule has 0 fully saturated rings. The summed E-state index contributed by atoms with van der Waals surface area (Å²) in [5.41, 5.74) is 3.24. The predicted molar refractivity (Wildman–Crippen MR) is 76.9 cm³/mol. The molecule has 1 aromatic carbocycles. The van der Waals surface area contributed by atoms with Crippen LogP contribution in [-0.2, 0) is 6.42 Å². The van der Waals surface area contributed by atoms with E-state index in [1.807, 2.05) is 18.2 Å². The Labute approximate surface area is 118 Å². The van der Waals surface area contributed by atoms with Crippen molar-refractivity contribution in [1.82, 2.24) is 4.98 Å². The maximum Gasteiger partial charge on any atom is 0.154 e. The van der Waals surface area contributed by atoms with Gasteiger partial charge in [-0.05, 0) is 30.2 Å². The normalized spacial score (nSPS) is 9.90. The molecule has 0 bridgehead atoms. The molecule has 1 heterocycles. The van der Waals surface area contributed by atoms with Crippen molar-refractivity contribution >= 4 is 0 Å². The summed E-state index contributed by atoms with van der Waals surface area (Å²) >= 11 is 0. The van der Waals surface area contributed by atoms with Gasteiger partial charge in [0, 0.05) is 5.56 Å². The lowest BCUT2D eigenvalue weighted by molar-refractivity contribution is 0.411. The number of ether oxygens (including phenoxy) is 2. The van der Waals surface area contributed by atoms with Crippen LogP contribution in [0.4, 0.5) is 0 Å². The quantitative estimate of drug-likeness (QED) is 0.854. The van der Waals surface area contributed by atoms with Crippen molar-refractivity contribution < 1.29 is 9.47 Å². The van der Waals surface area contributed by atoms with Crippen molar-refractivity contribution in [3.63, 3.8) is 0 Å². The predicted octanol–water partition coefficient (Wildman–Crippen LogP) is 3.20. The number of aromatic nitrogens is 1. The van der Waals surface area contributed by atoms with Crippen molar-refractivity contribution in [3.05, 3.63) is 41.6 Å². The Bertz CT molecular complexity index is 660. The summed E-state index contributed by atoms with van der Waals surface area (Å²) in [4.78, 5) is 4.36. The molecular formula is C16H16N2O2. The third-order valence-corrected chi connectivity index (χ3v) is 3.16. The van der Waals surface area contributed by atoms with Crippen LogP contribution in [0, 0.1) is 11.3 Å². The Morgan fingerprint density at radius 3 is 2.50 bits per heavy atom. The minimum absolute atomic E-state index is 0.460. The maximum atomic E-state index is 9.16. The second-order valence-corrected chi connectivity index (χ2v) is 4.27. The molecule has 0 aliphatic heterocycles. The fourth-order valence-electron chi connectivity index (χ4n) is 2.02. The van der Waals surface area contributed by atoms with Gasteiger partial charge in [0.2, 0.25) is 0 Å². The van der Waals surface area contributed by atoms with E-state index in [0.29, 0.717) is 17.0 Å². The number of nitriles is 1. The van der Waals surface area contributed by atoms with Crippen LogP contribution in [0.3, 0.4) is 0 Å². The summed E-state index contributed by atoms with van der Waals surface area (Å²) in [5, 5.41) is 9.16. The zero-order valence-electron chi connectivity index (χ0n) is 11.8. The molecule has 102 valence electrons. The van der Waals surface area contributed by atoms with Gasteiger partial charge in [-0.15, -0.1) is 0 Å². The van der Waals surface area contributed by atoms with Crippen LogP contribution >= 0.6 is 0 Å². The summed E-state index contributed by atoms with van der Waals surface area (Å²) in [6.45, 7) is 2.09. The van der Waals surface area contributed by atoms with Gasteiger partial charge in [-0.2, -0.15) is 5.26 Å². The molecule has 0 saturated heterocycles. The Kier molecular flexibility index (Phi) is 4.21. The number of hydrogen-bond donors (Lipinski definition) is 0. The van der Waals surface area contributed by atoms with Crippen molar-refractivity contribution in [2.75, 3.05) is 14.2 Å². The zero-order valence-corrected chi connectivity index (χ0v) is 11.8. The van der Waals surface area contributed by atoms with Crippen LogP contribution in [0.5, 0.6) is 11.5 Å². The average Bonchev–Trinajstić information content (AvgIpc) is 2.53. The molecule has 0 N–H and O–H groups in total. The van der Waals surface area contributed by atoms with Crippen LogP contribution < -0.4 is 9.47 Å². The fraction of sp³-hybridized carbons (Fsp3) is 0.250. The number of benzene rings is 1. The van der Waals surface area contributed by atoms with E-state index in [4.69, 9.17) is 14.7 Å². The third kappa shape index (κ3) is 2.57. The number of hydrogen-bond acceptors (Lipinski definition) is 4. The molecule has 0 aliphatic rings. The van der Waals surface area contributed by atoms with E-state index in [2.05, 4.69) is 18.0 Å². The minimum Gasteiger partial charge on any atom is -0.496 e. The van der Waals surface area contributed by atoms with Gasteiger partial charge in [0.25, 0.3) is 0 Å². The lowest BCUT2D eigenvalue weighted by Crippen LogP contribution is -1.95. The Balaban J connectivity index is 2.58. The number of methoxy groups -OCH3 is 2. The van der Waals surface area contributed by atoms with E-state index in [1.165, 1.54) is 12.7 Å². The second kappa shape index (κ2) is 6.07. The number of nitrogens with zero attached hydrogens (tertiary/aromatic N) is 2. The van der Waals surface area contributed by atoms with Crippen LogP contribution in [-0.4, -0.2) is 19.2 Å². The van der Waals surface area contributed by atoms with Crippen molar-refractivity contribution in [3.8, 4) is 28.8 Å². The molecule has 1 aromatic heterocycles. The highest BCUT2D eigenvalue weighted by Gasteiger charge is 2.11. The van der Waals surface area contributed by atoms with Gasteiger partial charge >= 0.3 is 0 Å². The summed E-state index contributed by atoms with van der Waals surface area (Å²) in [5.74, 6) is 1.21. The zero-order chi connectivity index (χ0) is 14.5. The molecule has 0 amide bonds.